The zero-order valence-electron chi connectivity index (χ0n) is 13.8. The first-order chi connectivity index (χ1) is 12.6. The molecule has 2 N–H and O–H groups in total. The second kappa shape index (κ2) is 7.70. The van der Waals surface area contributed by atoms with Crippen LogP contribution < -0.4 is 10.9 Å². The van der Waals surface area contributed by atoms with E-state index in [-0.39, 0.29) is 24.9 Å². The van der Waals surface area contributed by atoms with Gasteiger partial charge in [-0.1, -0.05) is 12.1 Å². The number of hydrogen-bond acceptors (Lipinski definition) is 7. The number of aromatic nitrogens is 3. The third kappa shape index (κ3) is 3.67. The molecule has 3 aromatic rings. The molecule has 0 bridgehead atoms. The summed E-state index contributed by atoms with van der Waals surface area (Å²) in [6.07, 6.45) is 3.58. The Morgan fingerprint density at radius 3 is 2.77 bits per heavy atom. The Balaban J connectivity index is 1.86. The predicted molar refractivity (Wildman–Crippen MR) is 95.1 cm³/mol. The zero-order chi connectivity index (χ0) is 18.5. The van der Waals surface area contributed by atoms with E-state index in [1.165, 1.54) is 6.20 Å². The minimum atomic E-state index is -0.756. The molecule has 0 aromatic carbocycles. The van der Waals surface area contributed by atoms with Crippen LogP contribution in [0, 0.1) is 16.0 Å². The van der Waals surface area contributed by atoms with Crippen molar-refractivity contribution in [3.05, 3.63) is 75.0 Å². The molecule has 0 aliphatic rings. The van der Waals surface area contributed by atoms with Crippen molar-refractivity contribution in [1.29, 1.82) is 0 Å². The molecule has 9 nitrogen and oxygen atoms in total. The predicted octanol–water partition coefficient (Wildman–Crippen LogP) is 1.26. The Labute approximate surface area is 148 Å². The zero-order valence-corrected chi connectivity index (χ0v) is 13.8. The maximum absolute atomic E-state index is 12.4. The molecule has 3 aromatic heterocycles. The van der Waals surface area contributed by atoms with Crippen molar-refractivity contribution in [2.45, 2.75) is 6.42 Å². The third-order valence-electron chi connectivity index (χ3n) is 3.93. The number of hydrogen-bond donors (Lipinski definition) is 2. The van der Waals surface area contributed by atoms with E-state index < -0.39 is 16.2 Å². The molecule has 0 amide bonds. The quantitative estimate of drug-likeness (QED) is 0.483. The van der Waals surface area contributed by atoms with Crippen molar-refractivity contribution < 1.29 is 10.0 Å². The number of rotatable bonds is 7. The normalized spacial score (nSPS) is 12.0. The highest BCUT2D eigenvalue weighted by molar-refractivity contribution is 5.59. The first-order valence-electron chi connectivity index (χ1n) is 8.00. The van der Waals surface area contributed by atoms with Crippen LogP contribution in [0.25, 0.3) is 5.65 Å². The highest BCUT2D eigenvalue weighted by Crippen LogP contribution is 2.19. The average molecular weight is 355 g/mol. The van der Waals surface area contributed by atoms with Gasteiger partial charge in [-0.2, -0.15) is 0 Å². The van der Waals surface area contributed by atoms with E-state index in [2.05, 4.69) is 15.3 Å². The summed E-state index contributed by atoms with van der Waals surface area (Å²) in [7, 11) is 0. The highest BCUT2D eigenvalue weighted by Gasteiger charge is 2.24. The second-order valence-corrected chi connectivity index (χ2v) is 5.75. The Hall–Kier alpha value is -3.33. The van der Waals surface area contributed by atoms with Gasteiger partial charge in [0.2, 0.25) is 5.82 Å². The summed E-state index contributed by atoms with van der Waals surface area (Å²) in [5, 5.41) is 23.8. The van der Waals surface area contributed by atoms with Gasteiger partial charge < -0.3 is 10.4 Å². The van der Waals surface area contributed by atoms with Crippen LogP contribution in [-0.2, 0) is 6.42 Å². The first-order valence-corrected chi connectivity index (χ1v) is 8.00. The average Bonchev–Trinajstić information content (AvgIpc) is 2.65. The minimum Gasteiger partial charge on any atom is -0.396 e. The Morgan fingerprint density at radius 1 is 1.27 bits per heavy atom. The van der Waals surface area contributed by atoms with E-state index in [0.717, 1.165) is 10.1 Å². The van der Waals surface area contributed by atoms with Crippen LogP contribution in [0.1, 0.15) is 5.69 Å². The van der Waals surface area contributed by atoms with E-state index >= 15 is 0 Å². The van der Waals surface area contributed by atoms with Crippen molar-refractivity contribution in [3.8, 4) is 0 Å². The number of pyridine rings is 2. The Bertz CT molecular complexity index is 974. The van der Waals surface area contributed by atoms with Gasteiger partial charge in [0.05, 0.1) is 4.92 Å². The summed E-state index contributed by atoms with van der Waals surface area (Å²) >= 11 is 0. The van der Waals surface area contributed by atoms with E-state index in [4.69, 9.17) is 0 Å². The molecular weight excluding hydrogens is 338 g/mol. The fourth-order valence-corrected chi connectivity index (χ4v) is 2.62. The smallest absolute Gasteiger partial charge is 0.376 e. The highest BCUT2D eigenvalue weighted by atomic mass is 16.6. The van der Waals surface area contributed by atoms with Crippen LogP contribution in [0.5, 0.6) is 0 Å². The molecule has 0 fully saturated rings. The van der Waals surface area contributed by atoms with Gasteiger partial charge in [-0.3, -0.25) is 24.3 Å². The molecule has 1 unspecified atom stereocenters. The molecule has 0 saturated heterocycles. The third-order valence-corrected chi connectivity index (χ3v) is 3.93. The molecule has 26 heavy (non-hydrogen) atoms. The molecule has 0 spiro atoms. The lowest BCUT2D eigenvalue weighted by molar-refractivity contribution is -0.385. The van der Waals surface area contributed by atoms with Gasteiger partial charge in [0, 0.05) is 37.2 Å². The maximum atomic E-state index is 12.4. The van der Waals surface area contributed by atoms with E-state index in [9.17, 15) is 20.0 Å². The lowest BCUT2D eigenvalue weighted by atomic mass is 10.0. The molecule has 9 heteroatoms. The molecule has 3 rings (SSSR count). The van der Waals surface area contributed by atoms with Crippen molar-refractivity contribution >= 4 is 17.2 Å². The summed E-state index contributed by atoms with van der Waals surface area (Å²) in [6, 6.07) is 10.4. The van der Waals surface area contributed by atoms with Gasteiger partial charge >= 0.3 is 11.2 Å². The van der Waals surface area contributed by atoms with Gasteiger partial charge in [-0.15, -0.1) is 0 Å². The van der Waals surface area contributed by atoms with Crippen LogP contribution in [0.15, 0.2) is 53.6 Å². The van der Waals surface area contributed by atoms with Crippen LogP contribution in [0.3, 0.4) is 0 Å². The number of nitrogens with zero attached hydrogens (tertiary/aromatic N) is 4. The standard InChI is InChI=1S/C17H17N5O4/c23-11-12(9-13-5-1-3-7-18-13)10-19-16-15(22(25)26)17(24)21-8-4-2-6-14(21)20-16/h1-8,12,19,23H,9-11H2. The lowest BCUT2D eigenvalue weighted by Crippen LogP contribution is -2.25. The van der Waals surface area contributed by atoms with Crippen molar-refractivity contribution in [2.75, 3.05) is 18.5 Å². The van der Waals surface area contributed by atoms with Gasteiger partial charge in [0.1, 0.15) is 5.65 Å². The summed E-state index contributed by atoms with van der Waals surface area (Å²) in [4.78, 5) is 31.4. The summed E-state index contributed by atoms with van der Waals surface area (Å²) in [5.41, 5.74) is -0.276. The number of aliphatic hydroxyl groups is 1. The molecule has 3 heterocycles. The fourth-order valence-electron chi connectivity index (χ4n) is 2.62. The van der Waals surface area contributed by atoms with Crippen molar-refractivity contribution in [3.63, 3.8) is 0 Å². The maximum Gasteiger partial charge on any atom is 0.376 e. The molecular formula is C17H17N5O4. The minimum absolute atomic E-state index is 0.106. The van der Waals surface area contributed by atoms with Gasteiger partial charge in [-0.05, 0) is 30.7 Å². The molecule has 0 aliphatic carbocycles. The first kappa shape index (κ1) is 17.5. The lowest BCUT2D eigenvalue weighted by Gasteiger charge is -2.15. The van der Waals surface area contributed by atoms with Crippen molar-refractivity contribution in [1.82, 2.24) is 14.4 Å². The Kier molecular flexibility index (Phi) is 5.18. The van der Waals surface area contributed by atoms with Crippen molar-refractivity contribution in [2.24, 2.45) is 5.92 Å². The van der Waals surface area contributed by atoms with E-state index in [1.807, 2.05) is 12.1 Å². The van der Waals surface area contributed by atoms with Gasteiger partial charge in [0.25, 0.3) is 0 Å². The number of fused-ring (bicyclic) bond motifs is 1. The number of nitrogens with one attached hydrogen (secondary N) is 1. The molecule has 0 aliphatic heterocycles. The number of aliphatic hydroxyl groups excluding tert-OH is 1. The molecule has 1 atom stereocenters. The molecule has 0 saturated carbocycles. The van der Waals surface area contributed by atoms with E-state index in [0.29, 0.717) is 12.1 Å². The second-order valence-electron chi connectivity index (χ2n) is 5.75. The van der Waals surface area contributed by atoms with Crippen LogP contribution >= 0.6 is 0 Å². The fraction of sp³-hybridized carbons (Fsp3) is 0.235. The van der Waals surface area contributed by atoms with Gasteiger partial charge in [-0.25, -0.2) is 4.98 Å². The molecule has 0 radical (unpaired) electrons. The molecule has 134 valence electrons. The van der Waals surface area contributed by atoms with Gasteiger partial charge in [0.15, 0.2) is 0 Å². The topological polar surface area (TPSA) is 123 Å². The summed E-state index contributed by atoms with van der Waals surface area (Å²) < 4.78 is 1.13. The SMILES string of the molecule is O=c1c([N+](=O)[O-])c(NCC(CO)Cc2ccccn2)nc2ccccn12. The summed E-state index contributed by atoms with van der Waals surface area (Å²) in [6.45, 7) is 0.0767. The number of anilines is 1. The number of nitro groups is 1. The Morgan fingerprint density at radius 2 is 2.08 bits per heavy atom. The van der Waals surface area contributed by atoms with Crippen LogP contribution in [-0.4, -0.2) is 37.6 Å². The summed E-state index contributed by atoms with van der Waals surface area (Å²) in [5.74, 6) is -0.341. The monoisotopic (exact) mass is 355 g/mol. The largest absolute Gasteiger partial charge is 0.396 e. The van der Waals surface area contributed by atoms with E-state index in [1.54, 1.807) is 30.5 Å². The van der Waals surface area contributed by atoms with Crippen LogP contribution in [0.2, 0.25) is 0 Å². The van der Waals surface area contributed by atoms with Crippen LogP contribution in [0.4, 0.5) is 11.5 Å².